The molecule has 0 unspecified atom stereocenters. The number of hydrogen-bond acceptors (Lipinski definition) is 5. The molecule has 0 aliphatic heterocycles. The maximum Gasteiger partial charge on any atom is 0.360 e. The second-order valence-electron chi connectivity index (χ2n) is 2.62. The Morgan fingerprint density at radius 1 is 1.75 bits per heavy atom. The van der Waals surface area contributed by atoms with Gasteiger partial charge in [0.05, 0.1) is 5.01 Å². The lowest BCUT2D eigenvalue weighted by atomic mass is 10.3. The van der Waals surface area contributed by atoms with E-state index < -0.39 is 18.4 Å². The van der Waals surface area contributed by atoms with Crippen LogP contribution in [-0.2, 0) is 9.63 Å². The number of thiazole rings is 1. The van der Waals surface area contributed by atoms with Crippen molar-refractivity contribution in [3.63, 3.8) is 0 Å². The molecule has 16 heavy (non-hydrogen) atoms. The van der Waals surface area contributed by atoms with Crippen molar-refractivity contribution in [2.24, 2.45) is 5.16 Å². The van der Waals surface area contributed by atoms with E-state index in [1.54, 1.807) is 6.92 Å². The summed E-state index contributed by atoms with van der Waals surface area (Å²) in [7, 11) is 0. The number of halogens is 2. The molecule has 0 aromatic carbocycles. The number of alkyl halides is 1. The maximum atomic E-state index is 11.7. The van der Waals surface area contributed by atoms with Gasteiger partial charge in [0.15, 0.2) is 0 Å². The fourth-order valence-corrected chi connectivity index (χ4v) is 1.98. The Hall–Kier alpha value is -1.21. The summed E-state index contributed by atoms with van der Waals surface area (Å²) in [5.41, 5.74) is -0.390. The molecular weight excluding hydrogens is 259 g/mol. The molecule has 0 fully saturated rings. The van der Waals surface area contributed by atoms with Crippen molar-refractivity contribution in [2.75, 3.05) is 13.3 Å². The zero-order valence-electron chi connectivity index (χ0n) is 8.24. The van der Waals surface area contributed by atoms with Crippen molar-refractivity contribution >= 4 is 34.6 Å². The molecule has 0 amide bonds. The standard InChI is InChI=1S/C8H8ClFN2O3S/c1-4-11-5(7(9)16-4)6(8(13)14)12-15-3-2-10/h2-3H2,1H3,(H,13,14)/b12-6-. The predicted octanol–water partition coefficient (Wildman–Crippen LogP) is 1.88. The highest BCUT2D eigenvalue weighted by Crippen LogP contribution is 2.24. The van der Waals surface area contributed by atoms with Crippen molar-refractivity contribution in [3.05, 3.63) is 15.0 Å². The Morgan fingerprint density at radius 3 is 2.88 bits per heavy atom. The Morgan fingerprint density at radius 2 is 2.44 bits per heavy atom. The van der Waals surface area contributed by atoms with E-state index in [0.717, 1.165) is 11.3 Å². The van der Waals surface area contributed by atoms with Crippen LogP contribution in [-0.4, -0.2) is 35.1 Å². The van der Waals surface area contributed by atoms with Gasteiger partial charge in [-0.3, -0.25) is 0 Å². The third-order valence-corrected chi connectivity index (χ3v) is 2.61. The number of nitrogens with zero attached hydrogens (tertiary/aromatic N) is 2. The molecule has 1 aromatic heterocycles. The van der Waals surface area contributed by atoms with E-state index in [4.69, 9.17) is 16.7 Å². The van der Waals surface area contributed by atoms with E-state index in [-0.39, 0.29) is 16.6 Å². The molecule has 1 rings (SSSR count). The Kier molecular flexibility index (Phi) is 4.63. The van der Waals surface area contributed by atoms with E-state index in [1.165, 1.54) is 0 Å². The summed E-state index contributed by atoms with van der Waals surface area (Å²) in [6.07, 6.45) is 0. The lowest BCUT2D eigenvalue weighted by molar-refractivity contribution is -0.129. The molecule has 5 nitrogen and oxygen atoms in total. The van der Waals surface area contributed by atoms with Gasteiger partial charge in [-0.2, -0.15) is 0 Å². The van der Waals surface area contributed by atoms with E-state index in [1.807, 2.05) is 0 Å². The Balaban J connectivity index is 2.98. The van der Waals surface area contributed by atoms with Gasteiger partial charge in [-0.1, -0.05) is 16.8 Å². The van der Waals surface area contributed by atoms with Gasteiger partial charge in [0, 0.05) is 0 Å². The van der Waals surface area contributed by atoms with Crippen LogP contribution in [0.4, 0.5) is 4.39 Å². The molecule has 0 aliphatic carbocycles. The SMILES string of the molecule is Cc1nc(/C(=N/OCCF)C(=O)O)c(Cl)s1. The molecule has 0 radical (unpaired) electrons. The van der Waals surface area contributed by atoms with Crippen molar-refractivity contribution in [1.29, 1.82) is 0 Å². The topological polar surface area (TPSA) is 71.8 Å². The van der Waals surface area contributed by atoms with Crippen LogP contribution in [0.1, 0.15) is 10.7 Å². The number of carbonyl (C=O) groups is 1. The highest BCUT2D eigenvalue weighted by atomic mass is 35.5. The van der Waals surface area contributed by atoms with E-state index in [2.05, 4.69) is 15.0 Å². The van der Waals surface area contributed by atoms with E-state index >= 15 is 0 Å². The van der Waals surface area contributed by atoms with Gasteiger partial charge in [-0.15, -0.1) is 11.3 Å². The summed E-state index contributed by atoms with van der Waals surface area (Å²) in [4.78, 5) is 19.2. The number of hydrogen-bond donors (Lipinski definition) is 1. The third kappa shape index (κ3) is 3.14. The first kappa shape index (κ1) is 12.9. The number of carboxylic acids is 1. The number of aromatic nitrogens is 1. The fraction of sp³-hybridized carbons (Fsp3) is 0.375. The molecule has 0 atom stereocenters. The summed E-state index contributed by atoms with van der Waals surface area (Å²) >= 11 is 6.91. The van der Waals surface area contributed by atoms with Crippen LogP contribution < -0.4 is 0 Å². The molecule has 1 N–H and O–H groups in total. The molecule has 0 saturated heterocycles. The number of aliphatic carboxylic acids is 1. The smallest absolute Gasteiger partial charge is 0.360 e. The minimum Gasteiger partial charge on any atom is -0.476 e. The van der Waals surface area contributed by atoms with Crippen molar-refractivity contribution < 1.29 is 19.1 Å². The Labute approximate surface area is 99.5 Å². The highest BCUT2D eigenvalue weighted by molar-refractivity contribution is 7.16. The summed E-state index contributed by atoms with van der Waals surface area (Å²) in [6.45, 7) is 0.625. The minimum atomic E-state index is -1.33. The van der Waals surface area contributed by atoms with Gasteiger partial charge in [-0.25, -0.2) is 14.2 Å². The van der Waals surface area contributed by atoms with Gasteiger partial charge in [-0.05, 0) is 6.92 Å². The van der Waals surface area contributed by atoms with Gasteiger partial charge < -0.3 is 9.94 Å². The Bertz CT molecular complexity index is 421. The van der Waals surface area contributed by atoms with Gasteiger partial charge in [0.25, 0.3) is 0 Å². The third-order valence-electron chi connectivity index (χ3n) is 1.44. The summed E-state index contributed by atoms with van der Waals surface area (Å²) in [5.74, 6) is -1.33. The predicted molar refractivity (Wildman–Crippen MR) is 58.0 cm³/mol. The summed E-state index contributed by atoms with van der Waals surface area (Å²) in [5, 5.41) is 12.8. The first-order valence-electron chi connectivity index (χ1n) is 4.18. The van der Waals surface area contributed by atoms with E-state index in [9.17, 15) is 9.18 Å². The average Bonchev–Trinajstić information content (AvgIpc) is 2.52. The summed E-state index contributed by atoms with van der Waals surface area (Å²) in [6, 6.07) is 0. The van der Waals surface area contributed by atoms with Crippen molar-refractivity contribution in [1.82, 2.24) is 4.98 Å². The molecule has 0 aliphatic rings. The molecule has 0 saturated carbocycles. The maximum absolute atomic E-state index is 11.7. The quantitative estimate of drug-likeness (QED) is 0.502. The number of oxime groups is 1. The van der Waals surface area contributed by atoms with Gasteiger partial charge >= 0.3 is 5.97 Å². The van der Waals surface area contributed by atoms with E-state index in [0.29, 0.717) is 5.01 Å². The second kappa shape index (κ2) is 5.76. The summed E-state index contributed by atoms with van der Waals surface area (Å²) < 4.78 is 12.0. The van der Waals surface area contributed by atoms with Crippen molar-refractivity contribution in [2.45, 2.75) is 6.92 Å². The van der Waals surface area contributed by atoms with Crippen LogP contribution in [0.3, 0.4) is 0 Å². The molecule has 1 heterocycles. The zero-order valence-corrected chi connectivity index (χ0v) is 9.81. The number of carboxylic acid groups (broad SMARTS) is 1. The molecule has 88 valence electrons. The van der Waals surface area contributed by atoms with Crippen molar-refractivity contribution in [3.8, 4) is 0 Å². The zero-order chi connectivity index (χ0) is 12.1. The molecule has 0 bridgehead atoms. The second-order valence-corrected chi connectivity index (χ2v) is 4.43. The lowest BCUT2D eigenvalue weighted by Crippen LogP contribution is -2.16. The lowest BCUT2D eigenvalue weighted by Gasteiger charge is -1.98. The monoisotopic (exact) mass is 266 g/mol. The van der Waals surface area contributed by atoms with Crippen LogP contribution in [0.2, 0.25) is 4.34 Å². The van der Waals surface area contributed by atoms with Crippen LogP contribution in [0.25, 0.3) is 0 Å². The first-order valence-corrected chi connectivity index (χ1v) is 5.38. The largest absolute Gasteiger partial charge is 0.476 e. The number of aryl methyl sites for hydroxylation is 1. The van der Waals surface area contributed by atoms with Crippen LogP contribution >= 0.6 is 22.9 Å². The molecule has 0 spiro atoms. The van der Waals surface area contributed by atoms with Crippen LogP contribution in [0.5, 0.6) is 0 Å². The first-order chi connectivity index (χ1) is 7.56. The van der Waals surface area contributed by atoms with Crippen LogP contribution in [0, 0.1) is 6.92 Å². The molecule has 1 aromatic rings. The van der Waals surface area contributed by atoms with Gasteiger partial charge in [0.2, 0.25) is 5.71 Å². The minimum absolute atomic E-state index is 0.0375. The average molecular weight is 267 g/mol. The number of rotatable bonds is 5. The highest BCUT2D eigenvalue weighted by Gasteiger charge is 2.21. The van der Waals surface area contributed by atoms with Gasteiger partial charge in [0.1, 0.15) is 23.3 Å². The molecular formula is C8H8ClFN2O3S. The fourth-order valence-electron chi connectivity index (χ4n) is 0.877. The van der Waals surface area contributed by atoms with Crippen LogP contribution in [0.15, 0.2) is 5.16 Å². The molecule has 8 heteroatoms. The normalized spacial score (nSPS) is 11.6.